The van der Waals surface area contributed by atoms with E-state index in [1.807, 2.05) is 0 Å². The Morgan fingerprint density at radius 2 is 1.54 bits per heavy atom. The van der Waals surface area contributed by atoms with E-state index in [0.717, 1.165) is 51.4 Å². The molecule has 0 unspecified atom stereocenters. The largest absolute Gasteiger partial charge is 0.479 e. The van der Waals surface area contributed by atoms with E-state index in [1.54, 1.807) is 0 Å². The Balaban J connectivity index is 0.000000367. The number of hydrogen-bond acceptors (Lipinski definition) is 6. The molecule has 2 atom stereocenters. The maximum Gasteiger partial charge on any atom is 0.416 e. The predicted octanol–water partition coefficient (Wildman–Crippen LogP) is 2.47. The third-order valence-electron chi connectivity index (χ3n) is 6.35. The summed E-state index contributed by atoms with van der Waals surface area (Å²) in [6.07, 6.45) is -2.39. The van der Waals surface area contributed by atoms with E-state index in [0.29, 0.717) is 18.0 Å². The van der Waals surface area contributed by atoms with Crippen LogP contribution in [0.2, 0.25) is 0 Å². The number of carbonyl (C=O) groups is 2. The van der Waals surface area contributed by atoms with Gasteiger partial charge in [-0.15, -0.1) is 0 Å². The summed E-state index contributed by atoms with van der Waals surface area (Å²) in [6, 6.07) is 3.38. The molecule has 8 nitrogen and oxygen atoms in total. The van der Waals surface area contributed by atoms with Crippen molar-refractivity contribution in [2.75, 3.05) is 19.6 Å². The highest BCUT2D eigenvalue weighted by molar-refractivity contribution is 5.83. The van der Waals surface area contributed by atoms with Gasteiger partial charge in [-0.05, 0) is 62.4 Å². The molecule has 2 aliphatic rings. The van der Waals surface area contributed by atoms with Gasteiger partial charge in [-0.2, -0.15) is 13.2 Å². The number of hydrogen-bond donors (Lipinski definition) is 5. The molecule has 0 aromatic heterocycles. The van der Waals surface area contributed by atoms with E-state index >= 15 is 0 Å². The van der Waals surface area contributed by atoms with Crippen LogP contribution in [0.15, 0.2) is 18.2 Å². The first-order valence-corrected chi connectivity index (χ1v) is 11.5. The number of benzene rings is 1. The van der Waals surface area contributed by atoms with Crippen molar-refractivity contribution in [2.24, 2.45) is 5.92 Å². The lowest BCUT2D eigenvalue weighted by Gasteiger charge is -2.36. The van der Waals surface area contributed by atoms with Gasteiger partial charge in [0.1, 0.15) is 5.82 Å². The highest BCUT2D eigenvalue weighted by Crippen LogP contribution is 2.34. The Morgan fingerprint density at radius 1 is 1.00 bits per heavy atom. The summed E-state index contributed by atoms with van der Waals surface area (Å²) in [7, 11) is 0. The molecule has 1 aromatic carbocycles. The topological polar surface area (TPSA) is 130 Å². The van der Waals surface area contributed by atoms with Gasteiger partial charge in [0.15, 0.2) is 12.2 Å². The summed E-state index contributed by atoms with van der Waals surface area (Å²) in [4.78, 5) is 21.8. The molecule has 1 aromatic rings. The fourth-order valence-corrected chi connectivity index (χ4v) is 4.48. The summed E-state index contributed by atoms with van der Waals surface area (Å²) < 4.78 is 53.4. The van der Waals surface area contributed by atoms with E-state index in [-0.39, 0.29) is 12.1 Å². The molecule has 2 fully saturated rings. The van der Waals surface area contributed by atoms with Gasteiger partial charge in [-0.3, -0.25) is 4.90 Å². The molecular weight excluding hydrogens is 476 g/mol. The zero-order valence-electron chi connectivity index (χ0n) is 19.2. The minimum absolute atomic E-state index is 0.186. The van der Waals surface area contributed by atoms with Crippen molar-refractivity contribution in [2.45, 2.75) is 69.5 Å². The van der Waals surface area contributed by atoms with Gasteiger partial charge < -0.3 is 25.7 Å². The fraction of sp³-hybridized carbons (Fsp3) is 0.652. The number of nitrogens with zero attached hydrogens (tertiary/aromatic N) is 1. The SMILES string of the molecule is Fc1ccc(CN(CC2CCCC2)C2CCNCC2)c(C(F)(F)F)c1.O=C(O)[C@H](O)[C@@H](O)C(=O)O. The number of nitrogens with one attached hydrogen (secondary N) is 1. The van der Waals surface area contributed by atoms with Gasteiger partial charge in [0.05, 0.1) is 5.56 Å². The van der Waals surface area contributed by atoms with Gasteiger partial charge in [-0.1, -0.05) is 18.9 Å². The van der Waals surface area contributed by atoms with Gasteiger partial charge >= 0.3 is 18.1 Å². The van der Waals surface area contributed by atoms with Gasteiger partial charge in [0, 0.05) is 19.1 Å². The quantitative estimate of drug-likeness (QED) is 0.339. The second-order valence-electron chi connectivity index (χ2n) is 8.93. The molecule has 1 aliphatic carbocycles. The summed E-state index contributed by atoms with van der Waals surface area (Å²) >= 11 is 0. The normalized spacial score (nSPS) is 19.2. The Bertz CT molecular complexity index is 824. The molecule has 12 heteroatoms. The van der Waals surface area contributed by atoms with Crippen LogP contribution >= 0.6 is 0 Å². The molecule has 5 N–H and O–H groups in total. The minimum Gasteiger partial charge on any atom is -0.479 e. The number of piperidine rings is 1. The number of aliphatic carboxylic acids is 2. The zero-order valence-corrected chi connectivity index (χ0v) is 19.2. The first kappa shape index (κ1) is 29.0. The van der Waals surface area contributed by atoms with Crippen molar-refractivity contribution >= 4 is 11.9 Å². The van der Waals surface area contributed by atoms with Crippen LogP contribution < -0.4 is 5.32 Å². The Kier molecular flexibility index (Phi) is 10.9. The monoisotopic (exact) mass is 508 g/mol. The van der Waals surface area contributed by atoms with E-state index in [9.17, 15) is 27.2 Å². The smallest absolute Gasteiger partial charge is 0.416 e. The van der Waals surface area contributed by atoms with Crippen molar-refractivity contribution in [3.63, 3.8) is 0 Å². The number of rotatable bonds is 8. The number of halogens is 4. The molecule has 3 rings (SSSR count). The van der Waals surface area contributed by atoms with Crippen LogP contribution in [0.25, 0.3) is 0 Å². The number of carboxylic acid groups (broad SMARTS) is 2. The second-order valence-corrected chi connectivity index (χ2v) is 8.93. The molecule has 0 bridgehead atoms. The summed E-state index contributed by atoms with van der Waals surface area (Å²) in [5.74, 6) is -3.80. The van der Waals surface area contributed by atoms with Crippen LogP contribution in [0.1, 0.15) is 49.7 Å². The molecule has 1 saturated heterocycles. The molecular formula is C23H32F4N2O6. The van der Waals surface area contributed by atoms with E-state index in [1.165, 1.54) is 18.9 Å². The van der Waals surface area contributed by atoms with Crippen LogP contribution in [0.3, 0.4) is 0 Å². The first-order valence-electron chi connectivity index (χ1n) is 11.5. The lowest BCUT2D eigenvalue weighted by atomic mass is 9.98. The molecule has 0 spiro atoms. The summed E-state index contributed by atoms with van der Waals surface area (Å²) in [6.45, 7) is 2.90. The molecule has 1 heterocycles. The number of aliphatic hydroxyl groups is 2. The molecule has 198 valence electrons. The van der Waals surface area contributed by atoms with Crippen molar-refractivity contribution in [3.05, 3.63) is 35.1 Å². The van der Waals surface area contributed by atoms with E-state index in [4.69, 9.17) is 20.4 Å². The average molecular weight is 509 g/mol. The highest BCUT2D eigenvalue weighted by atomic mass is 19.4. The molecule has 0 amide bonds. The highest BCUT2D eigenvalue weighted by Gasteiger charge is 2.35. The van der Waals surface area contributed by atoms with Crippen LogP contribution in [-0.2, 0) is 22.3 Å². The summed E-state index contributed by atoms with van der Waals surface area (Å²) in [5, 5.41) is 35.8. The first-order chi connectivity index (χ1) is 16.4. The standard InChI is InChI=1S/C19H26F4N2.C4H6O6/c20-16-6-5-15(18(11-16)19(21,22)23)13-25(12-14-3-1-2-4-14)17-7-9-24-10-8-17;5-1(3(7)8)2(6)4(9)10/h5-6,11,14,17,24H,1-4,7-10,12-13H2;1-2,5-6H,(H,7,8)(H,9,10)/t;1-,2-/m.1/s1. The van der Waals surface area contributed by atoms with Crippen molar-refractivity contribution in [1.29, 1.82) is 0 Å². The maximum atomic E-state index is 13.4. The Morgan fingerprint density at radius 3 is 2.03 bits per heavy atom. The molecule has 1 aliphatic heterocycles. The second kappa shape index (κ2) is 13.1. The van der Waals surface area contributed by atoms with Crippen LogP contribution in [0, 0.1) is 11.7 Å². The molecule has 0 radical (unpaired) electrons. The minimum atomic E-state index is -4.52. The number of carboxylic acids is 2. The van der Waals surface area contributed by atoms with Gasteiger partial charge in [0.2, 0.25) is 0 Å². The van der Waals surface area contributed by atoms with E-state index in [2.05, 4.69) is 10.2 Å². The lowest BCUT2D eigenvalue weighted by molar-refractivity contribution is -0.165. The lowest BCUT2D eigenvalue weighted by Crippen LogP contribution is -2.44. The average Bonchev–Trinajstić information content (AvgIpc) is 3.32. The summed E-state index contributed by atoms with van der Waals surface area (Å²) in [5.41, 5.74) is -0.650. The van der Waals surface area contributed by atoms with Crippen LogP contribution in [0.4, 0.5) is 17.6 Å². The third-order valence-corrected chi connectivity index (χ3v) is 6.35. The zero-order chi connectivity index (χ0) is 26.2. The molecule has 1 saturated carbocycles. The van der Waals surface area contributed by atoms with Crippen molar-refractivity contribution in [3.8, 4) is 0 Å². The van der Waals surface area contributed by atoms with Crippen molar-refractivity contribution in [1.82, 2.24) is 10.2 Å². The number of aliphatic hydroxyl groups excluding tert-OH is 2. The predicted molar refractivity (Wildman–Crippen MR) is 117 cm³/mol. The van der Waals surface area contributed by atoms with Crippen LogP contribution in [0.5, 0.6) is 0 Å². The molecule has 35 heavy (non-hydrogen) atoms. The van der Waals surface area contributed by atoms with Crippen LogP contribution in [-0.4, -0.2) is 75.1 Å². The van der Waals surface area contributed by atoms with E-state index < -0.39 is 41.7 Å². The maximum absolute atomic E-state index is 13.4. The Hall–Kier alpha value is -2.28. The van der Waals surface area contributed by atoms with Gasteiger partial charge in [-0.25, -0.2) is 14.0 Å². The number of alkyl halides is 3. The Labute approximate surface area is 200 Å². The third kappa shape index (κ3) is 9.02. The van der Waals surface area contributed by atoms with Crippen molar-refractivity contribution < 1.29 is 47.6 Å². The fourth-order valence-electron chi connectivity index (χ4n) is 4.48. The van der Waals surface area contributed by atoms with Gasteiger partial charge in [0.25, 0.3) is 0 Å².